The number of aliphatic hydroxyl groups is 1. The summed E-state index contributed by atoms with van der Waals surface area (Å²) in [5.41, 5.74) is 0. The molecule has 1 amide bonds. The summed E-state index contributed by atoms with van der Waals surface area (Å²) in [7, 11) is 1.25. The van der Waals surface area contributed by atoms with Gasteiger partial charge in [-0.25, -0.2) is 0 Å². The molecule has 0 saturated heterocycles. The number of rotatable bonds is 48. The van der Waals surface area contributed by atoms with Crippen molar-refractivity contribution < 1.29 is 32.9 Å². The van der Waals surface area contributed by atoms with E-state index in [-0.39, 0.29) is 19.1 Å². The van der Waals surface area contributed by atoms with Crippen LogP contribution in [0.25, 0.3) is 0 Å². The van der Waals surface area contributed by atoms with Gasteiger partial charge in [0, 0.05) is 6.42 Å². The van der Waals surface area contributed by atoms with Crippen molar-refractivity contribution in [2.24, 2.45) is 0 Å². The van der Waals surface area contributed by atoms with E-state index in [9.17, 15) is 19.4 Å². The Morgan fingerprint density at radius 3 is 1.31 bits per heavy atom. The molecule has 9 heteroatoms. The van der Waals surface area contributed by atoms with Crippen LogP contribution in [0.2, 0.25) is 0 Å². The normalized spacial score (nSPS) is 14.9. The fourth-order valence-corrected chi connectivity index (χ4v) is 7.95. The molecule has 8 nitrogen and oxygen atoms in total. The number of carbonyl (C=O) groups excluding carboxylic acids is 1. The van der Waals surface area contributed by atoms with E-state index >= 15 is 0 Å². The highest BCUT2D eigenvalue weighted by atomic mass is 31.2. The summed E-state index contributed by atoms with van der Waals surface area (Å²) in [4.78, 5) is 25.1. The number of phosphoric acid groups is 1. The molecule has 3 unspecified atom stereocenters. The van der Waals surface area contributed by atoms with E-state index in [4.69, 9.17) is 9.05 Å². The van der Waals surface area contributed by atoms with Crippen molar-refractivity contribution >= 4 is 13.7 Å². The van der Waals surface area contributed by atoms with Crippen molar-refractivity contribution in [2.75, 3.05) is 40.9 Å². The van der Waals surface area contributed by atoms with Gasteiger partial charge in [-0.2, -0.15) is 0 Å². The molecule has 0 aromatic carbocycles. The molecule has 390 valence electrons. The molecule has 3 atom stereocenters. The van der Waals surface area contributed by atoms with Gasteiger partial charge in [0.25, 0.3) is 7.82 Å². The maximum absolute atomic E-state index is 12.8. The molecule has 0 heterocycles. The van der Waals surface area contributed by atoms with Gasteiger partial charge in [-0.15, -0.1) is 0 Å². The molecule has 0 aliphatic rings. The molecule has 68 heavy (non-hydrogen) atoms. The first-order chi connectivity index (χ1) is 33.0. The molecule has 0 rings (SSSR count). The van der Waals surface area contributed by atoms with Crippen LogP contribution in [-0.4, -0.2) is 68.5 Å². The van der Waals surface area contributed by atoms with Crippen LogP contribution in [0.4, 0.5) is 0 Å². The number of phosphoric ester groups is 1. The third kappa shape index (κ3) is 51.0. The number of hydrogen-bond donors (Lipinski definition) is 2. The van der Waals surface area contributed by atoms with Gasteiger partial charge in [-0.3, -0.25) is 9.36 Å². The van der Waals surface area contributed by atoms with Crippen LogP contribution in [-0.2, 0) is 18.4 Å². The summed E-state index contributed by atoms with van der Waals surface area (Å²) < 4.78 is 23.0. The van der Waals surface area contributed by atoms with Crippen LogP contribution in [0, 0.1) is 0 Å². The number of aliphatic hydroxyl groups excluding tert-OH is 1. The molecule has 0 aliphatic carbocycles. The van der Waals surface area contributed by atoms with Crippen molar-refractivity contribution in [1.82, 2.24) is 5.32 Å². The average Bonchev–Trinajstić information content (AvgIpc) is 3.30. The van der Waals surface area contributed by atoms with Crippen molar-refractivity contribution in [3.63, 3.8) is 0 Å². The van der Waals surface area contributed by atoms with Crippen molar-refractivity contribution in [1.29, 1.82) is 0 Å². The first kappa shape index (κ1) is 65.2. The topological polar surface area (TPSA) is 108 Å². The second kappa shape index (κ2) is 49.2. The van der Waals surface area contributed by atoms with Crippen LogP contribution < -0.4 is 10.2 Å². The molecule has 0 radical (unpaired) electrons. The third-order valence-electron chi connectivity index (χ3n) is 11.5. The first-order valence-electron chi connectivity index (χ1n) is 27.2. The SMILES string of the molecule is CC/C=C\C/C=C\C/C=C\C/C=C\C/C=C\C/C=C\C/C=C\C/C=C\CCCCCCCCCCCCCCCCCCC(=O)NC(COP(=O)([O-])OCC[N+](C)(C)C)C(O)/C=C/CCCCC. The molecule has 0 fully saturated rings. The summed E-state index contributed by atoms with van der Waals surface area (Å²) in [5, 5.41) is 13.6. The molecule has 2 N–H and O–H groups in total. The van der Waals surface area contributed by atoms with Gasteiger partial charge >= 0.3 is 0 Å². The van der Waals surface area contributed by atoms with Gasteiger partial charge in [-0.1, -0.05) is 226 Å². The summed E-state index contributed by atoms with van der Waals surface area (Å²) in [6, 6.07) is -0.886. The zero-order valence-corrected chi connectivity index (χ0v) is 45.2. The van der Waals surface area contributed by atoms with Crippen LogP contribution >= 0.6 is 7.82 Å². The molecular formula is C59H103N2O6P. The average molecular weight is 967 g/mol. The molecule has 0 saturated carbocycles. The lowest BCUT2D eigenvalue weighted by molar-refractivity contribution is -0.870. The Hall–Kier alpha value is -2.84. The van der Waals surface area contributed by atoms with Crippen molar-refractivity contribution in [2.45, 2.75) is 219 Å². The minimum absolute atomic E-state index is 0.00516. The molecule has 0 aromatic heterocycles. The number of amides is 1. The Balaban J connectivity index is 3.81. The van der Waals surface area contributed by atoms with E-state index in [0.717, 1.165) is 96.3 Å². The first-order valence-corrected chi connectivity index (χ1v) is 28.7. The minimum atomic E-state index is -4.58. The Kier molecular flexibility index (Phi) is 47.1. The highest BCUT2D eigenvalue weighted by Crippen LogP contribution is 2.38. The van der Waals surface area contributed by atoms with E-state index in [1.807, 2.05) is 27.2 Å². The second-order valence-corrected chi connectivity index (χ2v) is 20.6. The smallest absolute Gasteiger partial charge is 0.268 e. The zero-order valence-electron chi connectivity index (χ0n) is 44.3. The van der Waals surface area contributed by atoms with E-state index < -0.39 is 20.0 Å². The van der Waals surface area contributed by atoms with Gasteiger partial charge in [0.2, 0.25) is 5.91 Å². The van der Waals surface area contributed by atoms with Gasteiger partial charge in [0.05, 0.1) is 39.9 Å². The van der Waals surface area contributed by atoms with Crippen LogP contribution in [0.5, 0.6) is 0 Å². The number of hydrogen-bond acceptors (Lipinski definition) is 6. The van der Waals surface area contributed by atoms with Gasteiger partial charge in [-0.05, 0) is 83.5 Å². The lowest BCUT2D eigenvalue weighted by Crippen LogP contribution is -2.45. The number of quaternary nitrogens is 1. The monoisotopic (exact) mass is 967 g/mol. The van der Waals surface area contributed by atoms with Crippen molar-refractivity contribution in [3.8, 4) is 0 Å². The molecule has 0 aliphatic heterocycles. The Labute approximate surface area is 419 Å². The van der Waals surface area contributed by atoms with Gasteiger partial charge < -0.3 is 28.8 Å². The maximum Gasteiger partial charge on any atom is 0.268 e. The molecular weight excluding hydrogens is 864 g/mol. The Morgan fingerprint density at radius 1 is 0.529 bits per heavy atom. The predicted octanol–water partition coefficient (Wildman–Crippen LogP) is 15.8. The van der Waals surface area contributed by atoms with E-state index in [2.05, 4.69) is 116 Å². The maximum atomic E-state index is 12.8. The van der Waals surface area contributed by atoms with Crippen LogP contribution in [0.3, 0.4) is 0 Å². The lowest BCUT2D eigenvalue weighted by Gasteiger charge is -2.29. The largest absolute Gasteiger partial charge is 0.756 e. The molecule has 0 bridgehead atoms. The number of likely N-dealkylation sites (N-methyl/N-ethyl adjacent to an activating group) is 1. The highest BCUT2D eigenvalue weighted by molar-refractivity contribution is 7.45. The van der Waals surface area contributed by atoms with Crippen LogP contribution in [0.15, 0.2) is 109 Å². The number of nitrogens with zero attached hydrogens (tertiary/aromatic N) is 1. The standard InChI is InChI=1S/C59H103N2O6P/c1-6-8-10-12-13-14-15-16-17-18-19-20-21-22-23-24-25-26-27-28-29-30-31-32-33-34-35-36-37-38-39-40-41-42-43-44-45-46-47-49-51-53-59(63)60-57(58(62)52-50-48-11-9-7-2)56-67-68(64,65)66-55-54-61(3,4)5/h8,10,13-14,16-17,19-20,22-23,25-26,28-29,31-32,50,52,57-58,62H,6-7,9,11-12,15,18,21,24,27,30,33-49,51,53-56H2,1-5H3,(H-,60,63,64,65)/b10-8-,14-13-,17-16-,20-19-,23-22-,26-25-,29-28-,32-31-,52-50+. The highest BCUT2D eigenvalue weighted by Gasteiger charge is 2.23. The summed E-state index contributed by atoms with van der Waals surface area (Å²) in [5.74, 6) is -0.208. The number of unbranched alkanes of at least 4 members (excludes halogenated alkanes) is 19. The second-order valence-electron chi connectivity index (χ2n) is 19.2. The summed E-state index contributed by atoms with van der Waals surface area (Å²) in [6.07, 6.45) is 72.3. The fraction of sp³-hybridized carbons (Fsp3) is 0.678. The van der Waals surface area contributed by atoms with E-state index in [1.54, 1.807) is 6.08 Å². The summed E-state index contributed by atoms with van der Waals surface area (Å²) >= 11 is 0. The third-order valence-corrected chi connectivity index (χ3v) is 12.5. The number of nitrogens with one attached hydrogen (secondary N) is 1. The van der Waals surface area contributed by atoms with E-state index in [0.29, 0.717) is 17.4 Å². The van der Waals surface area contributed by atoms with Gasteiger partial charge in [0.1, 0.15) is 13.2 Å². The zero-order chi connectivity index (χ0) is 49.9. The number of carbonyl (C=O) groups is 1. The van der Waals surface area contributed by atoms with Crippen LogP contribution in [0.1, 0.15) is 206 Å². The molecule has 0 spiro atoms. The lowest BCUT2D eigenvalue weighted by atomic mass is 10.0. The Bertz CT molecular complexity index is 1470. The van der Waals surface area contributed by atoms with Crippen molar-refractivity contribution in [3.05, 3.63) is 109 Å². The summed E-state index contributed by atoms with van der Waals surface area (Å²) in [6.45, 7) is 4.40. The number of allylic oxidation sites excluding steroid dienone is 17. The molecule has 0 aromatic rings. The quantitative estimate of drug-likeness (QED) is 0.0272. The fourth-order valence-electron chi connectivity index (χ4n) is 7.23. The minimum Gasteiger partial charge on any atom is -0.756 e. The Morgan fingerprint density at radius 2 is 0.897 bits per heavy atom. The predicted molar refractivity (Wildman–Crippen MR) is 292 cm³/mol. The van der Waals surface area contributed by atoms with Gasteiger partial charge in [0.15, 0.2) is 0 Å². The van der Waals surface area contributed by atoms with E-state index in [1.165, 1.54) is 89.9 Å².